The van der Waals surface area contributed by atoms with Gasteiger partial charge in [-0.05, 0) is 33.6 Å². The molecule has 94 valence electrons. The van der Waals surface area contributed by atoms with Crippen molar-refractivity contribution in [2.75, 3.05) is 0 Å². The molecular weight excluding hydrogens is 304 g/mol. The summed E-state index contributed by atoms with van der Waals surface area (Å²) in [5.41, 5.74) is 3.33. The molecule has 0 saturated carbocycles. The summed E-state index contributed by atoms with van der Waals surface area (Å²) in [6, 6.07) is 13.8. The lowest BCUT2D eigenvalue weighted by molar-refractivity contribution is 0.111. The van der Waals surface area contributed by atoms with E-state index in [9.17, 15) is 4.79 Å². The van der Waals surface area contributed by atoms with E-state index in [0.717, 1.165) is 27.7 Å². The summed E-state index contributed by atoms with van der Waals surface area (Å²) in [5, 5.41) is 0. The maximum atomic E-state index is 11.3. The van der Waals surface area contributed by atoms with Crippen LogP contribution in [0.15, 0.2) is 53.1 Å². The van der Waals surface area contributed by atoms with Crippen LogP contribution in [0.1, 0.15) is 21.7 Å². The van der Waals surface area contributed by atoms with Gasteiger partial charge in [0.2, 0.25) is 0 Å². The quantitative estimate of drug-likeness (QED) is 0.693. The molecule has 0 radical (unpaired) electrons. The second-order valence-corrected chi connectivity index (χ2v) is 5.13. The fourth-order valence-electron chi connectivity index (χ4n) is 2.14. The van der Waals surface area contributed by atoms with E-state index in [1.54, 1.807) is 0 Å². The monoisotopic (exact) mass is 314 g/mol. The van der Waals surface area contributed by atoms with Gasteiger partial charge in [-0.2, -0.15) is 0 Å². The predicted molar refractivity (Wildman–Crippen MR) is 77.5 cm³/mol. The van der Waals surface area contributed by atoms with Crippen LogP contribution in [0.3, 0.4) is 0 Å². The number of aldehydes is 1. The Bertz CT molecular complexity index is 734. The van der Waals surface area contributed by atoms with Crippen LogP contribution in [0.5, 0.6) is 0 Å². The molecule has 19 heavy (non-hydrogen) atoms. The van der Waals surface area contributed by atoms with Crippen molar-refractivity contribution in [3.63, 3.8) is 0 Å². The van der Waals surface area contributed by atoms with Crippen molar-refractivity contribution >= 4 is 27.9 Å². The number of benzene rings is 1. The molecule has 0 aliphatic carbocycles. The average Bonchev–Trinajstić information content (AvgIpc) is 2.79. The molecule has 0 spiro atoms. The Labute approximate surface area is 119 Å². The first-order valence-electron chi connectivity index (χ1n) is 5.94. The molecule has 3 nitrogen and oxygen atoms in total. The molecule has 2 heterocycles. The van der Waals surface area contributed by atoms with Crippen molar-refractivity contribution in [1.82, 2.24) is 9.38 Å². The van der Waals surface area contributed by atoms with Gasteiger partial charge in [-0.15, -0.1) is 0 Å². The molecule has 0 amide bonds. The minimum atomic E-state index is 0.611. The number of imidazole rings is 1. The summed E-state index contributed by atoms with van der Waals surface area (Å²) >= 11 is 3.46. The van der Waals surface area contributed by atoms with Crippen molar-refractivity contribution in [3.05, 3.63) is 70.1 Å². The molecule has 2 aromatic heterocycles. The lowest BCUT2D eigenvalue weighted by Gasteiger charge is -1.99. The predicted octanol–water partition coefficient (Wildman–Crippen LogP) is 3.50. The SMILES string of the molecule is O=Cc1c(Cc2ccccc2)nc2c(Br)cccn12. The lowest BCUT2D eigenvalue weighted by Crippen LogP contribution is -1.96. The Hall–Kier alpha value is -1.94. The molecule has 0 atom stereocenters. The number of carbonyl (C=O) groups is 1. The number of fused-ring (bicyclic) bond motifs is 1. The third-order valence-electron chi connectivity index (χ3n) is 3.04. The van der Waals surface area contributed by atoms with Crippen molar-refractivity contribution in [3.8, 4) is 0 Å². The Balaban J connectivity index is 2.13. The number of rotatable bonds is 3. The molecule has 4 heteroatoms. The first-order chi connectivity index (χ1) is 9.29. The van der Waals surface area contributed by atoms with E-state index in [0.29, 0.717) is 12.1 Å². The van der Waals surface area contributed by atoms with Gasteiger partial charge in [-0.1, -0.05) is 30.3 Å². The van der Waals surface area contributed by atoms with Gasteiger partial charge in [0, 0.05) is 12.6 Å². The van der Waals surface area contributed by atoms with Crippen LogP contribution in [0.4, 0.5) is 0 Å². The number of hydrogen-bond acceptors (Lipinski definition) is 2. The van der Waals surface area contributed by atoms with Crippen molar-refractivity contribution in [1.29, 1.82) is 0 Å². The number of pyridine rings is 1. The molecule has 0 N–H and O–H groups in total. The van der Waals surface area contributed by atoms with E-state index in [1.165, 1.54) is 0 Å². The molecule has 3 aromatic rings. The van der Waals surface area contributed by atoms with E-state index in [4.69, 9.17) is 0 Å². The van der Waals surface area contributed by atoms with Gasteiger partial charge >= 0.3 is 0 Å². The zero-order chi connectivity index (χ0) is 13.2. The highest BCUT2D eigenvalue weighted by Gasteiger charge is 2.13. The van der Waals surface area contributed by atoms with Gasteiger partial charge in [0.15, 0.2) is 11.9 Å². The zero-order valence-electron chi connectivity index (χ0n) is 10.1. The highest BCUT2D eigenvalue weighted by Crippen LogP contribution is 2.21. The van der Waals surface area contributed by atoms with Crippen LogP contribution < -0.4 is 0 Å². The zero-order valence-corrected chi connectivity index (χ0v) is 11.7. The normalized spacial score (nSPS) is 10.8. The molecule has 0 saturated heterocycles. The maximum absolute atomic E-state index is 11.3. The highest BCUT2D eigenvalue weighted by atomic mass is 79.9. The van der Waals surface area contributed by atoms with Crippen LogP contribution >= 0.6 is 15.9 Å². The third-order valence-corrected chi connectivity index (χ3v) is 3.66. The molecule has 3 rings (SSSR count). The first kappa shape index (κ1) is 12.1. The largest absolute Gasteiger partial charge is 0.296 e. The Kier molecular flexibility index (Phi) is 3.17. The molecule has 0 fully saturated rings. The second kappa shape index (κ2) is 4.97. The minimum absolute atomic E-state index is 0.611. The fraction of sp³-hybridized carbons (Fsp3) is 0.0667. The topological polar surface area (TPSA) is 34.4 Å². The summed E-state index contributed by atoms with van der Waals surface area (Å²) < 4.78 is 2.70. The number of nitrogens with zero attached hydrogens (tertiary/aromatic N) is 2. The summed E-state index contributed by atoms with van der Waals surface area (Å²) in [7, 11) is 0. The molecule has 0 aliphatic rings. The molecule has 0 aliphatic heterocycles. The summed E-state index contributed by atoms with van der Waals surface area (Å²) in [4.78, 5) is 15.9. The smallest absolute Gasteiger partial charge is 0.168 e. The van der Waals surface area contributed by atoms with Gasteiger partial charge < -0.3 is 0 Å². The lowest BCUT2D eigenvalue weighted by atomic mass is 10.1. The second-order valence-electron chi connectivity index (χ2n) is 4.27. The standard InChI is InChI=1S/C15H11BrN2O/c16-12-7-4-8-18-14(10-19)13(17-15(12)18)9-11-5-2-1-3-6-11/h1-8,10H,9H2. The molecular formula is C15H11BrN2O. The van der Waals surface area contributed by atoms with Gasteiger partial charge in [0.25, 0.3) is 0 Å². The van der Waals surface area contributed by atoms with E-state index in [2.05, 4.69) is 20.9 Å². The number of hydrogen-bond donors (Lipinski definition) is 0. The number of carbonyl (C=O) groups excluding carboxylic acids is 1. The molecule has 0 unspecified atom stereocenters. The average molecular weight is 315 g/mol. The van der Waals surface area contributed by atoms with Gasteiger partial charge in [0.1, 0.15) is 5.69 Å². The summed E-state index contributed by atoms with van der Waals surface area (Å²) in [6.07, 6.45) is 3.37. The highest BCUT2D eigenvalue weighted by molar-refractivity contribution is 9.10. The van der Waals surface area contributed by atoms with E-state index in [1.807, 2.05) is 53.1 Å². The van der Waals surface area contributed by atoms with E-state index >= 15 is 0 Å². The van der Waals surface area contributed by atoms with Crippen LogP contribution in [-0.4, -0.2) is 15.7 Å². The number of aromatic nitrogens is 2. The van der Waals surface area contributed by atoms with E-state index < -0.39 is 0 Å². The summed E-state index contributed by atoms with van der Waals surface area (Å²) in [5.74, 6) is 0. The van der Waals surface area contributed by atoms with Crippen LogP contribution in [0, 0.1) is 0 Å². The maximum Gasteiger partial charge on any atom is 0.168 e. The summed E-state index contributed by atoms with van der Waals surface area (Å²) in [6.45, 7) is 0. The number of halogens is 1. The third kappa shape index (κ3) is 2.19. The van der Waals surface area contributed by atoms with Crippen LogP contribution in [0.2, 0.25) is 0 Å². The van der Waals surface area contributed by atoms with Crippen molar-refractivity contribution in [2.24, 2.45) is 0 Å². The molecule has 1 aromatic carbocycles. The Morgan fingerprint density at radius 3 is 2.68 bits per heavy atom. The van der Waals surface area contributed by atoms with Crippen LogP contribution in [0.25, 0.3) is 5.65 Å². The fourth-order valence-corrected chi connectivity index (χ4v) is 2.58. The Morgan fingerprint density at radius 2 is 1.95 bits per heavy atom. The minimum Gasteiger partial charge on any atom is -0.296 e. The van der Waals surface area contributed by atoms with Crippen molar-refractivity contribution in [2.45, 2.75) is 6.42 Å². The van der Waals surface area contributed by atoms with Gasteiger partial charge in [-0.3, -0.25) is 9.20 Å². The van der Waals surface area contributed by atoms with Crippen LogP contribution in [-0.2, 0) is 6.42 Å². The molecule has 0 bridgehead atoms. The van der Waals surface area contributed by atoms with Gasteiger partial charge in [0.05, 0.1) is 10.2 Å². The first-order valence-corrected chi connectivity index (χ1v) is 6.73. The Morgan fingerprint density at radius 1 is 1.16 bits per heavy atom. The van der Waals surface area contributed by atoms with Crippen molar-refractivity contribution < 1.29 is 4.79 Å². The van der Waals surface area contributed by atoms with E-state index in [-0.39, 0.29) is 0 Å². The van der Waals surface area contributed by atoms with Gasteiger partial charge in [-0.25, -0.2) is 4.98 Å².